The van der Waals surface area contributed by atoms with Gasteiger partial charge < -0.3 is 10.1 Å². The maximum Gasteiger partial charge on any atom is 0.339 e. The molecule has 1 amide bonds. The Kier molecular flexibility index (Phi) is 6.29. The molecule has 1 aliphatic carbocycles. The minimum absolute atomic E-state index is 0.127. The third kappa shape index (κ3) is 5.90. The molecule has 2 aromatic rings. The summed E-state index contributed by atoms with van der Waals surface area (Å²) < 4.78 is 28.9. The smallest absolute Gasteiger partial charge is 0.339 e. The Morgan fingerprint density at radius 3 is 2.34 bits per heavy atom. The number of ether oxygens (including phenoxy) is 1. The summed E-state index contributed by atoms with van der Waals surface area (Å²) in [4.78, 5) is 25.1. The summed E-state index contributed by atoms with van der Waals surface area (Å²) in [7, 11) is -3.52. The van der Waals surface area contributed by atoms with E-state index in [1.807, 2.05) is 0 Å². The molecule has 0 aliphatic heterocycles. The molecule has 1 fully saturated rings. The lowest BCUT2D eigenvalue weighted by atomic mass is 10.1. The van der Waals surface area contributed by atoms with Gasteiger partial charge in [0.05, 0.1) is 17.4 Å². The molecule has 2 aromatic carbocycles. The summed E-state index contributed by atoms with van der Waals surface area (Å²) in [5, 5.41) is 11.4. The van der Waals surface area contributed by atoms with Crippen LogP contribution in [0.4, 0.5) is 0 Å². The van der Waals surface area contributed by atoms with E-state index in [1.54, 1.807) is 36.4 Å². The normalized spacial score (nSPS) is 14.4. The molecule has 8 heteroatoms. The summed E-state index contributed by atoms with van der Waals surface area (Å²) in [6, 6.07) is 16.4. The van der Waals surface area contributed by atoms with Crippen LogP contribution in [0.3, 0.4) is 0 Å². The van der Waals surface area contributed by atoms with Crippen molar-refractivity contribution in [1.82, 2.24) is 5.32 Å². The lowest BCUT2D eigenvalue weighted by Gasteiger charge is -2.18. The van der Waals surface area contributed by atoms with Crippen molar-refractivity contribution in [2.24, 2.45) is 0 Å². The van der Waals surface area contributed by atoms with Gasteiger partial charge in [-0.05, 0) is 30.5 Å². The number of rotatable bonds is 8. The van der Waals surface area contributed by atoms with E-state index >= 15 is 0 Å². The van der Waals surface area contributed by atoms with Crippen molar-refractivity contribution in [2.75, 3.05) is 5.75 Å². The fourth-order valence-corrected chi connectivity index (χ4v) is 3.72. The molecule has 0 heterocycles. The Morgan fingerprint density at radius 1 is 1.10 bits per heavy atom. The van der Waals surface area contributed by atoms with Crippen LogP contribution in [0.2, 0.25) is 0 Å². The number of nitrogens with zero attached hydrogens (tertiary/aromatic N) is 1. The van der Waals surface area contributed by atoms with Gasteiger partial charge in [-0.15, -0.1) is 0 Å². The zero-order valence-electron chi connectivity index (χ0n) is 15.6. The van der Waals surface area contributed by atoms with E-state index in [0.717, 1.165) is 12.8 Å². The van der Waals surface area contributed by atoms with Gasteiger partial charge in [-0.2, -0.15) is 5.26 Å². The minimum atomic E-state index is -3.52. The molecule has 0 unspecified atom stereocenters. The number of hydrogen-bond acceptors (Lipinski definition) is 6. The summed E-state index contributed by atoms with van der Waals surface area (Å²) in [5.41, 5.74) is 1.23. The topological polar surface area (TPSA) is 113 Å². The molecule has 0 bridgehead atoms. The highest BCUT2D eigenvalue weighted by atomic mass is 32.2. The van der Waals surface area contributed by atoms with Crippen LogP contribution in [0, 0.1) is 11.3 Å². The molecule has 3 rings (SSSR count). The number of amides is 1. The van der Waals surface area contributed by atoms with Gasteiger partial charge in [0.2, 0.25) is 6.10 Å². The van der Waals surface area contributed by atoms with Crippen LogP contribution in [0.15, 0.2) is 54.6 Å². The molecule has 0 saturated heterocycles. The Bertz CT molecular complexity index is 1020. The van der Waals surface area contributed by atoms with Crippen LogP contribution < -0.4 is 5.32 Å². The summed E-state index contributed by atoms with van der Waals surface area (Å²) in [6.07, 6.45) is 0.759. The molecule has 29 heavy (non-hydrogen) atoms. The van der Waals surface area contributed by atoms with E-state index in [-0.39, 0.29) is 23.3 Å². The van der Waals surface area contributed by atoms with Crippen LogP contribution in [0.25, 0.3) is 0 Å². The number of benzene rings is 2. The first-order valence-electron chi connectivity index (χ1n) is 9.10. The van der Waals surface area contributed by atoms with E-state index in [9.17, 15) is 18.0 Å². The van der Waals surface area contributed by atoms with Crippen molar-refractivity contribution < 1.29 is 22.7 Å². The van der Waals surface area contributed by atoms with Crippen LogP contribution >= 0.6 is 0 Å². The van der Waals surface area contributed by atoms with Gasteiger partial charge in [0.1, 0.15) is 5.75 Å². The van der Waals surface area contributed by atoms with Gasteiger partial charge in [-0.25, -0.2) is 13.2 Å². The number of esters is 1. The van der Waals surface area contributed by atoms with Crippen LogP contribution in [-0.4, -0.2) is 32.1 Å². The molecule has 7 nitrogen and oxygen atoms in total. The van der Waals surface area contributed by atoms with Crippen molar-refractivity contribution in [3.63, 3.8) is 0 Å². The van der Waals surface area contributed by atoms with Gasteiger partial charge in [0, 0.05) is 11.6 Å². The first-order valence-corrected chi connectivity index (χ1v) is 10.9. The first-order chi connectivity index (χ1) is 13.9. The average molecular weight is 412 g/mol. The van der Waals surface area contributed by atoms with E-state index < -0.39 is 27.7 Å². The fraction of sp³-hybridized carbons (Fsp3) is 0.286. The Morgan fingerprint density at radius 2 is 1.76 bits per heavy atom. The van der Waals surface area contributed by atoms with E-state index in [1.165, 1.54) is 24.3 Å². The van der Waals surface area contributed by atoms with E-state index in [4.69, 9.17) is 10.00 Å². The van der Waals surface area contributed by atoms with Crippen molar-refractivity contribution in [1.29, 1.82) is 5.26 Å². The number of hydrogen-bond donors (Lipinski definition) is 1. The zero-order chi connectivity index (χ0) is 20.9. The van der Waals surface area contributed by atoms with Gasteiger partial charge in [0.25, 0.3) is 5.91 Å². The van der Waals surface area contributed by atoms with Gasteiger partial charge in [-0.3, -0.25) is 4.79 Å². The highest BCUT2D eigenvalue weighted by Gasteiger charge is 2.31. The summed E-state index contributed by atoms with van der Waals surface area (Å²) in [5.74, 6) is -1.90. The predicted molar refractivity (Wildman–Crippen MR) is 105 cm³/mol. The third-order valence-electron chi connectivity index (χ3n) is 4.35. The highest BCUT2D eigenvalue weighted by Crippen LogP contribution is 2.24. The molecule has 1 aliphatic rings. The fourth-order valence-electron chi connectivity index (χ4n) is 2.72. The molecular weight excluding hydrogens is 392 g/mol. The first kappa shape index (κ1) is 20.6. The predicted octanol–water partition coefficient (Wildman–Crippen LogP) is 2.30. The maximum atomic E-state index is 12.6. The molecule has 1 atom stereocenters. The second kappa shape index (κ2) is 8.88. The zero-order valence-corrected chi connectivity index (χ0v) is 16.4. The van der Waals surface area contributed by atoms with Crippen molar-refractivity contribution in [3.8, 4) is 6.07 Å². The molecule has 1 N–H and O–H groups in total. The second-order valence-electron chi connectivity index (χ2n) is 6.87. The second-order valence-corrected chi connectivity index (χ2v) is 8.93. The lowest BCUT2D eigenvalue weighted by molar-refractivity contribution is -0.130. The molecule has 0 aromatic heterocycles. The van der Waals surface area contributed by atoms with Gasteiger partial charge >= 0.3 is 5.97 Å². The third-order valence-corrected chi connectivity index (χ3v) is 5.69. The number of carbonyl (C=O) groups excluding carboxylic acids is 2. The summed E-state index contributed by atoms with van der Waals surface area (Å²) >= 11 is 0. The Labute approximate surface area is 169 Å². The SMILES string of the molecule is N#CCS(=O)(=O)Cc1ccc(C(=O)O[C@H](C(=O)NC2CC2)c2ccccc2)cc1. The standard InChI is InChI=1S/C21H20N2O5S/c22-12-13-29(26,27)14-15-6-8-17(9-7-15)21(25)28-19(16-4-2-1-3-5-16)20(24)23-18-10-11-18/h1-9,18-19H,10-11,13-14H2,(H,23,24)/t19-/m0/s1. The van der Waals surface area contributed by atoms with Crippen LogP contribution in [0.5, 0.6) is 0 Å². The molecule has 150 valence electrons. The highest BCUT2D eigenvalue weighted by molar-refractivity contribution is 7.90. The Balaban J connectivity index is 1.72. The van der Waals surface area contributed by atoms with Gasteiger partial charge in [0.15, 0.2) is 9.84 Å². The molecule has 0 radical (unpaired) electrons. The maximum absolute atomic E-state index is 12.6. The van der Waals surface area contributed by atoms with Crippen molar-refractivity contribution in [2.45, 2.75) is 30.7 Å². The molecule has 0 spiro atoms. The van der Waals surface area contributed by atoms with E-state index in [2.05, 4.69) is 5.32 Å². The van der Waals surface area contributed by atoms with Crippen LogP contribution in [0.1, 0.15) is 40.4 Å². The largest absolute Gasteiger partial charge is 0.444 e. The quantitative estimate of drug-likeness (QED) is 0.666. The lowest BCUT2D eigenvalue weighted by Crippen LogP contribution is -2.33. The summed E-state index contributed by atoms with van der Waals surface area (Å²) in [6.45, 7) is 0. The number of nitrogens with one attached hydrogen (secondary N) is 1. The van der Waals surface area contributed by atoms with E-state index in [0.29, 0.717) is 11.1 Å². The molecule has 1 saturated carbocycles. The average Bonchev–Trinajstić information content (AvgIpc) is 3.50. The van der Waals surface area contributed by atoms with Crippen LogP contribution in [-0.2, 0) is 25.1 Å². The van der Waals surface area contributed by atoms with Crippen molar-refractivity contribution in [3.05, 3.63) is 71.3 Å². The minimum Gasteiger partial charge on any atom is -0.444 e. The number of nitriles is 1. The van der Waals surface area contributed by atoms with Gasteiger partial charge in [-0.1, -0.05) is 42.5 Å². The monoisotopic (exact) mass is 412 g/mol. The Hall–Kier alpha value is -3.18. The molecular formula is C21H20N2O5S. The number of carbonyl (C=O) groups is 2. The number of sulfone groups is 1. The van der Waals surface area contributed by atoms with Crippen molar-refractivity contribution >= 4 is 21.7 Å².